The van der Waals surface area contributed by atoms with Crippen LogP contribution >= 0.6 is 0 Å². The fourth-order valence-electron chi connectivity index (χ4n) is 8.90. The summed E-state index contributed by atoms with van der Waals surface area (Å²) in [4.78, 5) is 5.12. The Labute approximate surface area is 278 Å². The average Bonchev–Trinajstić information content (AvgIpc) is 3.50. The largest absolute Gasteiger partial charge is 0.493 e. The molecule has 4 aromatic carbocycles. The van der Waals surface area contributed by atoms with Crippen molar-refractivity contribution in [1.29, 1.82) is 0 Å². The Balaban J connectivity index is 0.870. The lowest BCUT2D eigenvalue weighted by molar-refractivity contribution is -0.0155. The first-order chi connectivity index (χ1) is 23.0. The summed E-state index contributed by atoms with van der Waals surface area (Å²) in [5.74, 6) is 2.24. The van der Waals surface area contributed by atoms with Crippen molar-refractivity contribution in [2.45, 2.75) is 55.5 Å². The van der Waals surface area contributed by atoms with E-state index in [0.29, 0.717) is 18.2 Å². The number of hydrogen-bond acceptors (Lipinski definition) is 5. The van der Waals surface area contributed by atoms with Crippen LogP contribution in [0.2, 0.25) is 0 Å². The van der Waals surface area contributed by atoms with Crippen LogP contribution in [0.25, 0.3) is 0 Å². The first-order valence-corrected chi connectivity index (χ1v) is 17.6. The summed E-state index contributed by atoms with van der Waals surface area (Å²) in [6, 6.07) is 33.8. The molecule has 4 aliphatic rings. The molecule has 5 nitrogen and oxygen atoms in total. The van der Waals surface area contributed by atoms with E-state index in [4.69, 9.17) is 15.2 Å². The minimum Gasteiger partial charge on any atom is -0.493 e. The first kappa shape index (κ1) is 30.5. The maximum atomic E-state index is 14.5. The van der Waals surface area contributed by atoms with Gasteiger partial charge in [0.05, 0.1) is 18.8 Å². The zero-order chi connectivity index (χ0) is 31.8. The summed E-state index contributed by atoms with van der Waals surface area (Å²) in [6.07, 6.45) is 5.30. The Morgan fingerprint density at radius 1 is 0.766 bits per heavy atom. The van der Waals surface area contributed by atoms with Crippen molar-refractivity contribution in [2.24, 2.45) is 5.92 Å². The third-order valence-electron chi connectivity index (χ3n) is 11.4. The number of anilines is 2. The van der Waals surface area contributed by atoms with E-state index < -0.39 is 0 Å². The van der Waals surface area contributed by atoms with Gasteiger partial charge in [-0.3, -0.25) is 0 Å². The number of nitrogens with zero attached hydrogens (tertiary/aromatic N) is 2. The van der Waals surface area contributed by atoms with Crippen LogP contribution in [0.4, 0.5) is 15.8 Å². The molecule has 3 saturated heterocycles. The smallest absolute Gasteiger partial charge is 0.128 e. The van der Waals surface area contributed by atoms with Gasteiger partial charge in [0, 0.05) is 48.4 Å². The second-order valence-electron chi connectivity index (χ2n) is 14.3. The number of halogens is 1. The average molecular weight is 632 g/mol. The van der Waals surface area contributed by atoms with Crippen molar-refractivity contribution in [3.63, 3.8) is 0 Å². The quantitative estimate of drug-likeness (QED) is 0.219. The van der Waals surface area contributed by atoms with E-state index in [1.54, 1.807) is 0 Å². The normalized spacial score (nSPS) is 24.6. The van der Waals surface area contributed by atoms with Crippen molar-refractivity contribution in [1.82, 2.24) is 4.90 Å². The highest BCUT2D eigenvalue weighted by atomic mass is 19.1. The van der Waals surface area contributed by atoms with Gasteiger partial charge in [0.2, 0.25) is 0 Å². The fourth-order valence-corrected chi connectivity index (χ4v) is 8.90. The van der Waals surface area contributed by atoms with E-state index in [1.807, 2.05) is 12.1 Å². The summed E-state index contributed by atoms with van der Waals surface area (Å²) >= 11 is 0. The lowest BCUT2D eigenvalue weighted by Crippen LogP contribution is -2.44. The SMILES string of the molecule is Nc1ccc(C2CCN(CC3COC4(CCN(c5ccc(C6c7ccccc7OCC6c6ccccc6)cc5)CC4)C3)CC2)c(F)c1. The molecular formula is C41H46FN3O2. The zero-order valence-electron chi connectivity index (χ0n) is 27.2. The molecule has 4 aliphatic heterocycles. The number of benzene rings is 4. The van der Waals surface area contributed by atoms with E-state index in [9.17, 15) is 4.39 Å². The Bertz CT molecular complexity index is 1660. The molecule has 3 atom stereocenters. The predicted molar refractivity (Wildman–Crippen MR) is 187 cm³/mol. The van der Waals surface area contributed by atoms with Crippen LogP contribution in [-0.2, 0) is 4.74 Å². The molecule has 0 aliphatic carbocycles. The van der Waals surface area contributed by atoms with Crippen molar-refractivity contribution in [2.75, 3.05) is 56.6 Å². The third-order valence-corrected chi connectivity index (χ3v) is 11.4. The molecule has 244 valence electrons. The molecule has 0 amide bonds. The van der Waals surface area contributed by atoms with Gasteiger partial charge in [-0.1, -0.05) is 66.7 Å². The first-order valence-electron chi connectivity index (χ1n) is 17.6. The topological polar surface area (TPSA) is 51.0 Å². The standard InChI is InChI=1S/C41H46FN3O2/c42-38-24-33(43)12-15-35(38)31-16-20-44(21-17-31)26-29-25-41(47-27-29)18-22-45(23-19-41)34-13-10-32(11-14-34)40-36-8-4-5-9-39(36)46-28-37(40)30-6-2-1-3-7-30/h1-15,24,29,31,37,40H,16-23,25-28,43H2. The van der Waals surface area contributed by atoms with Crippen molar-refractivity contribution < 1.29 is 13.9 Å². The minimum atomic E-state index is -0.154. The van der Waals surface area contributed by atoms with Gasteiger partial charge in [-0.05, 0) is 104 Å². The molecule has 4 aromatic rings. The minimum absolute atomic E-state index is 0.0151. The Morgan fingerprint density at radius 2 is 1.51 bits per heavy atom. The van der Waals surface area contributed by atoms with E-state index in [1.165, 1.54) is 28.4 Å². The molecule has 0 radical (unpaired) electrons. The summed E-state index contributed by atoms with van der Waals surface area (Å²) in [6.45, 7) is 6.72. The van der Waals surface area contributed by atoms with Gasteiger partial charge in [-0.15, -0.1) is 0 Å². The predicted octanol–water partition coefficient (Wildman–Crippen LogP) is 7.97. The molecule has 3 unspecified atom stereocenters. The third kappa shape index (κ3) is 6.26. The maximum Gasteiger partial charge on any atom is 0.128 e. The highest BCUT2D eigenvalue weighted by molar-refractivity contribution is 5.53. The van der Waals surface area contributed by atoms with Crippen LogP contribution in [0.15, 0.2) is 97.1 Å². The number of piperidine rings is 2. The molecule has 0 aromatic heterocycles. The molecule has 47 heavy (non-hydrogen) atoms. The Morgan fingerprint density at radius 3 is 2.28 bits per heavy atom. The van der Waals surface area contributed by atoms with Crippen LogP contribution < -0.4 is 15.4 Å². The molecule has 3 fully saturated rings. The molecule has 8 rings (SSSR count). The number of ether oxygens (including phenoxy) is 2. The van der Waals surface area contributed by atoms with Crippen LogP contribution in [0.3, 0.4) is 0 Å². The van der Waals surface area contributed by atoms with E-state index >= 15 is 0 Å². The van der Waals surface area contributed by atoms with E-state index in [-0.39, 0.29) is 29.2 Å². The van der Waals surface area contributed by atoms with E-state index in [0.717, 1.165) is 82.7 Å². The molecule has 2 N–H and O–H groups in total. The second kappa shape index (κ2) is 13.0. The van der Waals surface area contributed by atoms with Crippen molar-refractivity contribution >= 4 is 11.4 Å². The van der Waals surface area contributed by atoms with Gasteiger partial charge in [-0.25, -0.2) is 4.39 Å². The second-order valence-corrected chi connectivity index (χ2v) is 14.3. The van der Waals surface area contributed by atoms with Gasteiger partial charge < -0.3 is 25.0 Å². The van der Waals surface area contributed by atoms with Crippen LogP contribution in [0, 0.1) is 11.7 Å². The lowest BCUT2D eigenvalue weighted by Gasteiger charge is -2.40. The number of fused-ring (bicyclic) bond motifs is 1. The monoisotopic (exact) mass is 631 g/mol. The van der Waals surface area contributed by atoms with Crippen molar-refractivity contribution in [3.05, 3.63) is 125 Å². The van der Waals surface area contributed by atoms with Crippen LogP contribution in [0.5, 0.6) is 5.75 Å². The molecule has 1 spiro atoms. The maximum absolute atomic E-state index is 14.5. The number of para-hydroxylation sites is 1. The number of hydrogen-bond donors (Lipinski definition) is 1. The van der Waals surface area contributed by atoms with Gasteiger partial charge in [0.15, 0.2) is 0 Å². The van der Waals surface area contributed by atoms with Gasteiger partial charge in [0.25, 0.3) is 0 Å². The Kier molecular flexibility index (Phi) is 8.41. The number of nitrogens with two attached hydrogens (primary N) is 1. The molecular weight excluding hydrogens is 585 g/mol. The fraction of sp³-hybridized carbons (Fsp3) is 0.415. The highest BCUT2D eigenvalue weighted by Crippen LogP contribution is 2.46. The number of rotatable bonds is 6. The van der Waals surface area contributed by atoms with Gasteiger partial charge >= 0.3 is 0 Å². The van der Waals surface area contributed by atoms with Crippen molar-refractivity contribution in [3.8, 4) is 5.75 Å². The summed E-state index contributed by atoms with van der Waals surface area (Å²) in [7, 11) is 0. The summed E-state index contributed by atoms with van der Waals surface area (Å²) in [5, 5.41) is 0. The molecule has 0 bridgehead atoms. The summed E-state index contributed by atoms with van der Waals surface area (Å²) in [5.41, 5.74) is 12.3. The zero-order valence-corrected chi connectivity index (χ0v) is 27.2. The van der Waals surface area contributed by atoms with Crippen LogP contribution in [-0.4, -0.2) is 56.4 Å². The van der Waals surface area contributed by atoms with E-state index in [2.05, 4.69) is 88.7 Å². The number of nitrogen functional groups attached to an aromatic ring is 1. The molecule has 4 heterocycles. The Hall–Kier alpha value is -3.87. The van der Waals surface area contributed by atoms with Gasteiger partial charge in [0.1, 0.15) is 11.6 Å². The van der Waals surface area contributed by atoms with Gasteiger partial charge in [-0.2, -0.15) is 0 Å². The summed E-state index contributed by atoms with van der Waals surface area (Å²) < 4.78 is 27.3. The number of likely N-dealkylation sites (tertiary alicyclic amines) is 1. The molecule has 0 saturated carbocycles. The van der Waals surface area contributed by atoms with Crippen LogP contribution in [0.1, 0.15) is 72.1 Å². The molecule has 6 heteroatoms. The highest BCUT2D eigenvalue weighted by Gasteiger charge is 2.43. The lowest BCUT2D eigenvalue weighted by atomic mass is 9.76.